The van der Waals surface area contributed by atoms with Crippen LogP contribution >= 0.6 is 0 Å². The number of rotatable bonds is 5. The fraction of sp³-hybridized carbons (Fsp3) is 0.625. The molecule has 0 aliphatic heterocycles. The highest BCUT2D eigenvalue weighted by molar-refractivity contribution is 5.17. The van der Waals surface area contributed by atoms with Crippen molar-refractivity contribution in [3.63, 3.8) is 0 Å². The Labute approximate surface area is 111 Å². The minimum Gasteiger partial charge on any atom is -0.377 e. The molecule has 1 aromatic rings. The third kappa shape index (κ3) is 2.93. The molecule has 0 saturated heterocycles. The molecule has 2 heteroatoms. The van der Waals surface area contributed by atoms with E-state index in [1.807, 2.05) is 7.11 Å². The van der Waals surface area contributed by atoms with Crippen molar-refractivity contribution in [3.8, 4) is 0 Å². The average molecular weight is 247 g/mol. The maximum absolute atomic E-state index is 5.94. The fourth-order valence-corrected chi connectivity index (χ4v) is 3.25. The van der Waals surface area contributed by atoms with Gasteiger partial charge in [-0.3, -0.25) is 0 Å². The molecular formula is C16H25NO. The SMILES string of the molecule is CNC(Cc1ccccc1)C1(OC)CCCCC1. The van der Waals surface area contributed by atoms with Crippen molar-refractivity contribution in [2.45, 2.75) is 50.2 Å². The van der Waals surface area contributed by atoms with Gasteiger partial charge in [-0.2, -0.15) is 0 Å². The van der Waals surface area contributed by atoms with Crippen LogP contribution in [0.5, 0.6) is 0 Å². The van der Waals surface area contributed by atoms with E-state index in [0.29, 0.717) is 6.04 Å². The van der Waals surface area contributed by atoms with Crippen molar-refractivity contribution in [3.05, 3.63) is 35.9 Å². The summed E-state index contributed by atoms with van der Waals surface area (Å²) < 4.78 is 5.94. The van der Waals surface area contributed by atoms with Crippen LogP contribution in [0.1, 0.15) is 37.7 Å². The lowest BCUT2D eigenvalue weighted by atomic mass is 9.77. The molecule has 1 aliphatic carbocycles. The van der Waals surface area contributed by atoms with E-state index in [0.717, 1.165) is 6.42 Å². The Hall–Kier alpha value is -0.860. The molecule has 0 heterocycles. The second-order valence-electron chi connectivity index (χ2n) is 5.36. The monoisotopic (exact) mass is 247 g/mol. The molecular weight excluding hydrogens is 222 g/mol. The molecule has 0 aromatic heterocycles. The summed E-state index contributed by atoms with van der Waals surface area (Å²) in [5.41, 5.74) is 1.42. The summed E-state index contributed by atoms with van der Waals surface area (Å²) in [6, 6.07) is 11.1. The highest BCUT2D eigenvalue weighted by Gasteiger charge is 2.39. The summed E-state index contributed by atoms with van der Waals surface area (Å²) in [5, 5.41) is 3.49. The van der Waals surface area contributed by atoms with Gasteiger partial charge in [-0.1, -0.05) is 49.6 Å². The van der Waals surface area contributed by atoms with Gasteiger partial charge in [0, 0.05) is 13.2 Å². The Morgan fingerprint density at radius 3 is 2.39 bits per heavy atom. The Morgan fingerprint density at radius 1 is 1.17 bits per heavy atom. The molecule has 2 rings (SSSR count). The normalized spacial score (nSPS) is 20.6. The fourth-order valence-electron chi connectivity index (χ4n) is 3.25. The van der Waals surface area contributed by atoms with Gasteiger partial charge in [-0.15, -0.1) is 0 Å². The van der Waals surface area contributed by atoms with Crippen molar-refractivity contribution in [2.75, 3.05) is 14.2 Å². The predicted molar refractivity (Wildman–Crippen MR) is 75.8 cm³/mol. The lowest BCUT2D eigenvalue weighted by Crippen LogP contribution is -2.53. The molecule has 0 radical (unpaired) electrons. The van der Waals surface area contributed by atoms with Crippen LogP contribution in [0.2, 0.25) is 0 Å². The number of hydrogen-bond donors (Lipinski definition) is 1. The zero-order chi connectivity index (χ0) is 12.8. The molecule has 1 atom stereocenters. The Kier molecular flexibility index (Phi) is 4.79. The molecule has 1 saturated carbocycles. The molecule has 1 aromatic carbocycles. The number of ether oxygens (including phenoxy) is 1. The summed E-state index contributed by atoms with van der Waals surface area (Å²) in [7, 11) is 3.93. The van der Waals surface area contributed by atoms with Crippen molar-refractivity contribution in [1.29, 1.82) is 0 Å². The number of benzene rings is 1. The van der Waals surface area contributed by atoms with Gasteiger partial charge in [0.25, 0.3) is 0 Å². The van der Waals surface area contributed by atoms with Gasteiger partial charge < -0.3 is 10.1 Å². The Bertz CT molecular complexity index is 343. The van der Waals surface area contributed by atoms with Gasteiger partial charge in [0.15, 0.2) is 0 Å². The molecule has 0 bridgehead atoms. The van der Waals surface area contributed by atoms with Crippen LogP contribution in [0, 0.1) is 0 Å². The summed E-state index contributed by atoms with van der Waals surface area (Å²) in [6.07, 6.45) is 7.35. The molecule has 1 unspecified atom stereocenters. The van der Waals surface area contributed by atoms with E-state index in [-0.39, 0.29) is 5.60 Å². The minimum atomic E-state index is 0.0306. The zero-order valence-corrected chi connectivity index (χ0v) is 11.6. The number of methoxy groups -OCH3 is 1. The van der Waals surface area contributed by atoms with Gasteiger partial charge in [0.1, 0.15) is 0 Å². The molecule has 1 fully saturated rings. The van der Waals surface area contributed by atoms with E-state index in [4.69, 9.17) is 4.74 Å². The van der Waals surface area contributed by atoms with Gasteiger partial charge in [-0.25, -0.2) is 0 Å². The van der Waals surface area contributed by atoms with Crippen LogP contribution in [-0.4, -0.2) is 25.8 Å². The summed E-state index contributed by atoms with van der Waals surface area (Å²) in [5.74, 6) is 0. The summed E-state index contributed by atoms with van der Waals surface area (Å²) in [6.45, 7) is 0. The highest BCUT2D eigenvalue weighted by Crippen LogP contribution is 2.35. The van der Waals surface area contributed by atoms with Crippen molar-refractivity contribution >= 4 is 0 Å². The van der Waals surface area contributed by atoms with Crippen LogP contribution in [0.3, 0.4) is 0 Å². The van der Waals surface area contributed by atoms with Gasteiger partial charge in [-0.05, 0) is 31.9 Å². The zero-order valence-electron chi connectivity index (χ0n) is 11.6. The van der Waals surface area contributed by atoms with E-state index in [9.17, 15) is 0 Å². The standard InChI is InChI=1S/C16H25NO/c1-17-15(13-14-9-5-3-6-10-14)16(18-2)11-7-4-8-12-16/h3,5-6,9-10,15,17H,4,7-8,11-13H2,1-2H3. The third-order valence-corrected chi connectivity index (χ3v) is 4.37. The van der Waals surface area contributed by atoms with Crippen LogP contribution < -0.4 is 5.32 Å². The summed E-state index contributed by atoms with van der Waals surface area (Å²) in [4.78, 5) is 0. The topological polar surface area (TPSA) is 21.3 Å². The number of likely N-dealkylation sites (N-methyl/N-ethyl adjacent to an activating group) is 1. The van der Waals surface area contributed by atoms with Crippen LogP contribution in [0.25, 0.3) is 0 Å². The van der Waals surface area contributed by atoms with E-state index in [1.54, 1.807) is 0 Å². The summed E-state index contributed by atoms with van der Waals surface area (Å²) >= 11 is 0. The lowest BCUT2D eigenvalue weighted by Gasteiger charge is -2.42. The second kappa shape index (κ2) is 6.35. The third-order valence-electron chi connectivity index (χ3n) is 4.37. The second-order valence-corrected chi connectivity index (χ2v) is 5.36. The number of hydrogen-bond acceptors (Lipinski definition) is 2. The first-order valence-electron chi connectivity index (χ1n) is 7.07. The molecule has 1 N–H and O–H groups in total. The van der Waals surface area contributed by atoms with Crippen LogP contribution in [0.4, 0.5) is 0 Å². The van der Waals surface area contributed by atoms with Crippen molar-refractivity contribution in [1.82, 2.24) is 5.32 Å². The Morgan fingerprint density at radius 2 is 1.83 bits per heavy atom. The smallest absolute Gasteiger partial charge is 0.0834 e. The van der Waals surface area contributed by atoms with E-state index in [1.165, 1.54) is 37.7 Å². The lowest BCUT2D eigenvalue weighted by molar-refractivity contribution is -0.0657. The maximum atomic E-state index is 5.94. The molecule has 0 amide bonds. The first kappa shape index (κ1) is 13.6. The predicted octanol–water partition coefficient (Wildman–Crippen LogP) is 3.17. The maximum Gasteiger partial charge on any atom is 0.0834 e. The van der Waals surface area contributed by atoms with Gasteiger partial charge >= 0.3 is 0 Å². The number of nitrogens with one attached hydrogen (secondary N) is 1. The molecule has 18 heavy (non-hydrogen) atoms. The minimum absolute atomic E-state index is 0.0306. The van der Waals surface area contributed by atoms with E-state index >= 15 is 0 Å². The van der Waals surface area contributed by atoms with E-state index in [2.05, 4.69) is 42.7 Å². The van der Waals surface area contributed by atoms with Crippen LogP contribution in [-0.2, 0) is 11.2 Å². The van der Waals surface area contributed by atoms with E-state index < -0.39 is 0 Å². The largest absolute Gasteiger partial charge is 0.377 e. The van der Waals surface area contributed by atoms with Gasteiger partial charge in [0.2, 0.25) is 0 Å². The van der Waals surface area contributed by atoms with Crippen molar-refractivity contribution < 1.29 is 4.74 Å². The van der Waals surface area contributed by atoms with Gasteiger partial charge in [0.05, 0.1) is 5.60 Å². The molecule has 0 spiro atoms. The van der Waals surface area contributed by atoms with Crippen LogP contribution in [0.15, 0.2) is 30.3 Å². The quantitative estimate of drug-likeness (QED) is 0.863. The first-order chi connectivity index (χ1) is 8.80. The molecule has 100 valence electrons. The Balaban J connectivity index is 2.11. The average Bonchev–Trinajstić information content (AvgIpc) is 2.46. The highest BCUT2D eigenvalue weighted by atomic mass is 16.5. The molecule has 2 nitrogen and oxygen atoms in total. The first-order valence-corrected chi connectivity index (χ1v) is 7.07. The molecule has 1 aliphatic rings. The van der Waals surface area contributed by atoms with Crippen molar-refractivity contribution in [2.24, 2.45) is 0 Å².